The number of hydrogen-bond acceptors (Lipinski definition) is 2. The Hall–Kier alpha value is -4.51. The monoisotopic (exact) mass is 473 g/mol. The van der Waals surface area contributed by atoms with E-state index in [2.05, 4.69) is 22.5 Å². The number of H-pyrrole nitrogens is 1. The van der Waals surface area contributed by atoms with Crippen molar-refractivity contribution in [3.05, 3.63) is 126 Å². The average Bonchev–Trinajstić information content (AvgIpc) is 3.50. The first-order chi connectivity index (χ1) is 17.6. The highest BCUT2D eigenvalue weighted by Gasteiger charge is 2.16. The Labute approximate surface area is 208 Å². The van der Waals surface area contributed by atoms with Gasteiger partial charge in [-0.15, -0.1) is 0 Å². The minimum Gasteiger partial charge on any atom is -0.360 e. The van der Waals surface area contributed by atoms with Crippen molar-refractivity contribution in [2.45, 2.75) is 19.9 Å². The molecule has 0 saturated carbocycles. The third kappa shape index (κ3) is 3.89. The van der Waals surface area contributed by atoms with E-state index < -0.39 is 0 Å². The number of nitrogens with one attached hydrogen (secondary N) is 1. The van der Waals surface area contributed by atoms with E-state index in [0.717, 1.165) is 50.9 Å². The average molecular weight is 474 g/mol. The Morgan fingerprint density at radius 3 is 2.44 bits per heavy atom. The molecule has 0 bridgehead atoms. The van der Waals surface area contributed by atoms with Gasteiger partial charge >= 0.3 is 0 Å². The van der Waals surface area contributed by atoms with Crippen LogP contribution in [0.15, 0.2) is 97.2 Å². The van der Waals surface area contributed by atoms with Crippen LogP contribution in [0.1, 0.15) is 34.2 Å². The fraction of sp³-hybridized carbons (Fsp3) is 0.0968. The van der Waals surface area contributed by atoms with Crippen molar-refractivity contribution in [1.29, 1.82) is 0 Å². The molecule has 0 amide bonds. The van der Waals surface area contributed by atoms with Crippen LogP contribution in [0.3, 0.4) is 0 Å². The molecule has 0 aliphatic rings. The number of fused-ring (bicyclic) bond motifs is 2. The van der Waals surface area contributed by atoms with Crippen LogP contribution in [0.2, 0.25) is 0 Å². The lowest BCUT2D eigenvalue weighted by Crippen LogP contribution is -2.05. The second-order valence-electron chi connectivity index (χ2n) is 8.95. The third-order valence-corrected chi connectivity index (χ3v) is 6.71. The fourth-order valence-electron chi connectivity index (χ4n) is 4.81. The van der Waals surface area contributed by atoms with Crippen LogP contribution in [0, 0.1) is 5.82 Å². The van der Waals surface area contributed by atoms with Gasteiger partial charge in [-0.2, -0.15) is 0 Å². The van der Waals surface area contributed by atoms with Gasteiger partial charge in [-0.25, -0.2) is 9.37 Å². The predicted molar refractivity (Wildman–Crippen MR) is 142 cm³/mol. The minimum atomic E-state index is -0.261. The molecule has 5 heteroatoms. The summed E-state index contributed by atoms with van der Waals surface area (Å²) < 4.78 is 15.5. The van der Waals surface area contributed by atoms with E-state index in [1.54, 1.807) is 18.3 Å². The molecular formula is C31H24FN3O. The Morgan fingerprint density at radius 1 is 0.917 bits per heavy atom. The number of carbonyl (C=O) groups is 1. The van der Waals surface area contributed by atoms with E-state index in [1.165, 1.54) is 12.1 Å². The normalized spacial score (nSPS) is 11.4. The largest absolute Gasteiger partial charge is 0.360 e. The van der Waals surface area contributed by atoms with Crippen molar-refractivity contribution in [2.24, 2.45) is 0 Å². The maximum absolute atomic E-state index is 13.3. The molecule has 6 aromatic rings. The second kappa shape index (κ2) is 8.93. The van der Waals surface area contributed by atoms with E-state index in [9.17, 15) is 9.18 Å². The topological polar surface area (TPSA) is 50.7 Å². The number of carbonyl (C=O) groups excluding carboxylic acids is 1. The quantitative estimate of drug-likeness (QED) is 0.261. The second-order valence-corrected chi connectivity index (χ2v) is 8.95. The smallest absolute Gasteiger partial charge is 0.195 e. The summed E-state index contributed by atoms with van der Waals surface area (Å²) in [6, 6.07) is 28.3. The van der Waals surface area contributed by atoms with Crippen LogP contribution in [0.5, 0.6) is 0 Å². The number of aryl methyl sites for hydroxylation is 1. The number of nitrogens with zero attached hydrogens (tertiary/aromatic N) is 2. The SMILES string of the molecule is CCc1nc2ccccc2n1Cc1ccc(C(=O)c2c[nH]c3cc(-c4ccc(F)cc4)ccc23)cc1. The van der Waals surface area contributed by atoms with Gasteiger partial charge in [0.25, 0.3) is 0 Å². The van der Waals surface area contributed by atoms with Gasteiger partial charge in [0.2, 0.25) is 0 Å². The first-order valence-electron chi connectivity index (χ1n) is 12.1. The summed E-state index contributed by atoms with van der Waals surface area (Å²) in [7, 11) is 0. The van der Waals surface area contributed by atoms with E-state index in [1.807, 2.05) is 60.7 Å². The van der Waals surface area contributed by atoms with Gasteiger partial charge in [0.1, 0.15) is 11.6 Å². The molecule has 0 unspecified atom stereocenters. The maximum atomic E-state index is 13.3. The molecule has 0 spiro atoms. The highest BCUT2D eigenvalue weighted by Crippen LogP contribution is 2.28. The zero-order valence-corrected chi connectivity index (χ0v) is 19.8. The first-order valence-corrected chi connectivity index (χ1v) is 12.1. The van der Waals surface area contributed by atoms with Crippen LogP contribution in [-0.4, -0.2) is 20.3 Å². The van der Waals surface area contributed by atoms with Crippen molar-refractivity contribution < 1.29 is 9.18 Å². The number of aromatic nitrogens is 3. The van der Waals surface area contributed by atoms with Crippen molar-refractivity contribution >= 4 is 27.7 Å². The summed E-state index contributed by atoms with van der Waals surface area (Å²) in [5.41, 5.74) is 7.28. The van der Waals surface area contributed by atoms with Gasteiger partial charge in [0.05, 0.1) is 11.0 Å². The number of rotatable bonds is 6. The molecule has 0 radical (unpaired) electrons. The van der Waals surface area contributed by atoms with Gasteiger partial charge in [-0.1, -0.05) is 67.6 Å². The molecule has 0 saturated heterocycles. The van der Waals surface area contributed by atoms with Crippen LogP contribution < -0.4 is 0 Å². The standard InChI is InChI=1S/C31H24FN3O/c1-2-30-34-27-5-3-4-6-29(27)35(30)19-20-7-9-22(10-8-20)31(36)26-18-33-28-17-23(13-16-25(26)28)21-11-14-24(32)15-12-21/h3-18,33H,2,19H2,1H3. The molecule has 4 nitrogen and oxygen atoms in total. The molecule has 0 aliphatic carbocycles. The molecule has 4 aromatic carbocycles. The van der Waals surface area contributed by atoms with Gasteiger partial charge in [-0.3, -0.25) is 4.79 Å². The maximum Gasteiger partial charge on any atom is 0.195 e. The van der Waals surface area contributed by atoms with E-state index >= 15 is 0 Å². The Bertz CT molecular complexity index is 1710. The zero-order valence-electron chi connectivity index (χ0n) is 19.8. The highest BCUT2D eigenvalue weighted by molar-refractivity contribution is 6.16. The number of para-hydroxylation sites is 2. The lowest BCUT2D eigenvalue weighted by molar-refractivity contribution is 0.104. The van der Waals surface area contributed by atoms with Crippen molar-refractivity contribution in [2.75, 3.05) is 0 Å². The highest BCUT2D eigenvalue weighted by atomic mass is 19.1. The summed E-state index contributed by atoms with van der Waals surface area (Å²) in [5, 5.41) is 0.868. The summed E-state index contributed by atoms with van der Waals surface area (Å²) in [4.78, 5) is 21.3. The van der Waals surface area contributed by atoms with E-state index in [-0.39, 0.29) is 11.6 Å². The van der Waals surface area contributed by atoms with Crippen LogP contribution in [0.25, 0.3) is 33.1 Å². The number of benzene rings is 4. The van der Waals surface area contributed by atoms with Gasteiger partial charge in [-0.05, 0) is 47.0 Å². The molecule has 176 valence electrons. The summed E-state index contributed by atoms with van der Waals surface area (Å²) in [5.74, 6) is 0.766. The first kappa shape index (κ1) is 22.0. The molecule has 0 aliphatic heterocycles. The number of aromatic amines is 1. The van der Waals surface area contributed by atoms with Gasteiger partial charge < -0.3 is 9.55 Å². The summed E-state index contributed by atoms with van der Waals surface area (Å²) in [6.07, 6.45) is 2.62. The molecule has 1 N–H and O–H groups in total. The Kier molecular flexibility index (Phi) is 5.45. The van der Waals surface area contributed by atoms with Gasteiger partial charge in [0, 0.05) is 41.2 Å². The van der Waals surface area contributed by atoms with Crippen LogP contribution in [-0.2, 0) is 13.0 Å². The number of ketones is 1. The summed E-state index contributed by atoms with van der Waals surface area (Å²) in [6.45, 7) is 2.82. The van der Waals surface area contributed by atoms with E-state index in [4.69, 9.17) is 4.98 Å². The fourth-order valence-corrected chi connectivity index (χ4v) is 4.81. The van der Waals surface area contributed by atoms with Gasteiger partial charge in [0.15, 0.2) is 5.78 Å². The number of hydrogen-bond donors (Lipinski definition) is 1. The molecule has 0 atom stereocenters. The molecule has 6 rings (SSSR count). The van der Waals surface area contributed by atoms with Crippen LogP contribution >= 0.6 is 0 Å². The van der Waals surface area contributed by atoms with Crippen LogP contribution in [0.4, 0.5) is 4.39 Å². The summed E-state index contributed by atoms with van der Waals surface area (Å²) >= 11 is 0. The van der Waals surface area contributed by atoms with E-state index in [0.29, 0.717) is 17.7 Å². The number of imidazole rings is 1. The molecule has 2 heterocycles. The molecule has 0 fully saturated rings. The van der Waals surface area contributed by atoms with Crippen molar-refractivity contribution in [3.8, 4) is 11.1 Å². The predicted octanol–water partition coefficient (Wildman–Crippen LogP) is 7.17. The lowest BCUT2D eigenvalue weighted by Gasteiger charge is -2.09. The molecule has 36 heavy (non-hydrogen) atoms. The lowest BCUT2D eigenvalue weighted by atomic mass is 9.99. The zero-order chi connectivity index (χ0) is 24.6. The Balaban J connectivity index is 1.26. The number of halogens is 1. The van der Waals surface area contributed by atoms with Crippen molar-refractivity contribution in [3.63, 3.8) is 0 Å². The third-order valence-electron chi connectivity index (χ3n) is 6.71. The molecular weight excluding hydrogens is 449 g/mol. The molecule has 2 aromatic heterocycles. The van der Waals surface area contributed by atoms with Crippen molar-refractivity contribution in [1.82, 2.24) is 14.5 Å². The Morgan fingerprint density at radius 2 is 1.67 bits per heavy atom. The minimum absolute atomic E-state index is 0.0235.